The number of nitrogens with one attached hydrogen (secondary N) is 1. The van der Waals surface area contributed by atoms with Crippen LogP contribution in [0.15, 0.2) is 0 Å². The van der Waals surface area contributed by atoms with E-state index in [1.807, 2.05) is 0 Å². The first-order valence-corrected chi connectivity index (χ1v) is 12.8. The summed E-state index contributed by atoms with van der Waals surface area (Å²) in [6.07, 6.45) is -7.58. The highest BCUT2D eigenvalue weighted by atomic mass is 33.1. The van der Waals surface area contributed by atoms with Crippen LogP contribution in [0.4, 0.5) is 0 Å². The Kier molecular flexibility index (Phi) is 12.7. The highest BCUT2D eigenvalue weighted by Crippen LogP contribution is 2.35. The SMILES string of the molecule is CC(=O)N[C@@H](O)[C@@H]1[C@H](C[C@H](O)COC(=O)[C@H](N)CSSC[C@@H](N)C(=O)O)O[C@](O)(C(=O)O)C[C@@H]1O. The lowest BCUT2D eigenvalue weighted by Gasteiger charge is -2.44. The summed E-state index contributed by atoms with van der Waals surface area (Å²) in [4.78, 5) is 45.3. The topological polar surface area (TPSA) is 272 Å². The zero-order valence-corrected chi connectivity index (χ0v) is 20.3. The van der Waals surface area contributed by atoms with E-state index in [1.165, 1.54) is 0 Å². The summed E-state index contributed by atoms with van der Waals surface area (Å²) in [6.45, 7) is 0.482. The fraction of sp³-hybridized carbons (Fsp3) is 0.778. The van der Waals surface area contributed by atoms with Crippen molar-refractivity contribution in [1.82, 2.24) is 5.32 Å². The number of rotatable bonds is 14. The molecule has 0 unspecified atom stereocenters. The summed E-state index contributed by atoms with van der Waals surface area (Å²) in [5, 5.41) is 61.1. The molecule has 15 nitrogen and oxygen atoms in total. The van der Waals surface area contributed by atoms with Gasteiger partial charge in [-0.3, -0.25) is 14.4 Å². The molecule has 0 aliphatic carbocycles. The first-order chi connectivity index (χ1) is 16.2. The molecule has 1 fully saturated rings. The number of nitrogens with two attached hydrogens (primary N) is 2. The molecule has 0 aromatic carbocycles. The van der Waals surface area contributed by atoms with E-state index in [-0.39, 0.29) is 11.5 Å². The summed E-state index contributed by atoms with van der Waals surface area (Å²) >= 11 is 0. The standard InChI is InChI=1S/C18H31N3O12S2/c1-7(22)21-14(25)13-11(24)3-18(31,17(29)30)33-12(13)2-8(23)4-32-16(28)10(20)6-35-34-5-9(19)15(26)27/h8-14,23-25,31H,2-6,19-20H2,1H3,(H,21,22)(H,26,27)(H,29,30)/t8-,9+,10+,11-,12-,13-,14-,18-/m0/s1. The highest BCUT2D eigenvalue weighted by Gasteiger charge is 2.53. The number of hydrogen-bond donors (Lipinski definition) is 9. The molecular formula is C18H31N3O12S2. The van der Waals surface area contributed by atoms with Crippen LogP contribution in [0.25, 0.3) is 0 Å². The van der Waals surface area contributed by atoms with E-state index < -0.39 is 91.6 Å². The highest BCUT2D eigenvalue weighted by molar-refractivity contribution is 8.76. The minimum atomic E-state index is -2.81. The molecule has 0 bridgehead atoms. The van der Waals surface area contributed by atoms with Crippen LogP contribution in [0.5, 0.6) is 0 Å². The molecule has 1 aliphatic rings. The number of carbonyl (C=O) groups excluding carboxylic acids is 2. The van der Waals surface area contributed by atoms with Crippen LogP contribution in [-0.4, -0.2) is 115 Å². The predicted octanol–water partition coefficient (Wildman–Crippen LogP) is -3.61. The van der Waals surface area contributed by atoms with Gasteiger partial charge in [0.05, 0.1) is 24.2 Å². The van der Waals surface area contributed by atoms with Crippen LogP contribution in [-0.2, 0) is 28.7 Å². The number of hydrogen-bond acceptors (Lipinski definition) is 14. The van der Waals surface area contributed by atoms with Crippen molar-refractivity contribution in [3.63, 3.8) is 0 Å². The van der Waals surface area contributed by atoms with Crippen LogP contribution >= 0.6 is 21.6 Å². The Bertz CT molecular complexity index is 762. The predicted molar refractivity (Wildman–Crippen MR) is 121 cm³/mol. The monoisotopic (exact) mass is 545 g/mol. The van der Waals surface area contributed by atoms with Gasteiger partial charge in [-0.2, -0.15) is 0 Å². The zero-order chi connectivity index (χ0) is 26.9. The van der Waals surface area contributed by atoms with Gasteiger partial charge in [0.15, 0.2) is 0 Å². The van der Waals surface area contributed by atoms with Crippen molar-refractivity contribution in [2.45, 2.75) is 62.2 Å². The molecule has 11 N–H and O–H groups in total. The zero-order valence-electron chi connectivity index (χ0n) is 18.7. The molecule has 1 saturated heterocycles. The van der Waals surface area contributed by atoms with Crippen LogP contribution in [0.1, 0.15) is 19.8 Å². The van der Waals surface area contributed by atoms with Gasteiger partial charge in [-0.05, 0) is 0 Å². The van der Waals surface area contributed by atoms with Crippen LogP contribution in [0, 0.1) is 5.92 Å². The normalized spacial score (nSPS) is 27.8. The van der Waals surface area contributed by atoms with E-state index in [9.17, 15) is 44.7 Å². The summed E-state index contributed by atoms with van der Waals surface area (Å²) in [5.41, 5.74) is 11.0. The molecule has 0 saturated carbocycles. The van der Waals surface area contributed by atoms with Gasteiger partial charge in [0.2, 0.25) is 5.91 Å². The van der Waals surface area contributed by atoms with Gasteiger partial charge in [-0.25, -0.2) is 4.79 Å². The average Bonchev–Trinajstić information content (AvgIpc) is 2.73. The number of aliphatic hydroxyl groups is 4. The molecule has 8 atom stereocenters. The molecule has 0 radical (unpaired) electrons. The summed E-state index contributed by atoms with van der Waals surface area (Å²) in [5.74, 6) is -8.51. The Morgan fingerprint density at radius 3 is 2.23 bits per heavy atom. The quantitative estimate of drug-likeness (QED) is 0.0441. The lowest BCUT2D eigenvalue weighted by atomic mass is 9.83. The average molecular weight is 546 g/mol. The Morgan fingerprint density at radius 1 is 1.14 bits per heavy atom. The van der Waals surface area contributed by atoms with Crippen molar-refractivity contribution >= 4 is 45.4 Å². The lowest BCUT2D eigenvalue weighted by Crippen LogP contribution is -2.61. The van der Waals surface area contributed by atoms with Gasteiger partial charge in [0, 0.05) is 31.3 Å². The van der Waals surface area contributed by atoms with Crippen molar-refractivity contribution in [2.75, 3.05) is 18.1 Å². The van der Waals surface area contributed by atoms with Crippen molar-refractivity contribution in [3.05, 3.63) is 0 Å². The van der Waals surface area contributed by atoms with Crippen LogP contribution in [0.3, 0.4) is 0 Å². The number of carbonyl (C=O) groups is 4. The van der Waals surface area contributed by atoms with Gasteiger partial charge < -0.3 is 56.9 Å². The van der Waals surface area contributed by atoms with Crippen LogP contribution in [0.2, 0.25) is 0 Å². The van der Waals surface area contributed by atoms with E-state index in [0.717, 1.165) is 28.5 Å². The fourth-order valence-electron chi connectivity index (χ4n) is 3.11. The smallest absolute Gasteiger partial charge is 0.364 e. The lowest BCUT2D eigenvalue weighted by molar-refractivity contribution is -0.297. The Balaban J connectivity index is 2.66. The number of amides is 1. The second-order valence-electron chi connectivity index (χ2n) is 7.88. The van der Waals surface area contributed by atoms with E-state index in [1.54, 1.807) is 0 Å². The third-order valence-electron chi connectivity index (χ3n) is 4.88. The molecule has 1 aliphatic heterocycles. The van der Waals surface area contributed by atoms with E-state index in [2.05, 4.69) is 5.32 Å². The van der Waals surface area contributed by atoms with E-state index >= 15 is 0 Å². The van der Waals surface area contributed by atoms with E-state index in [4.69, 9.17) is 26.0 Å². The third kappa shape index (κ3) is 10.1. The third-order valence-corrected chi connectivity index (χ3v) is 7.35. The molecule has 1 amide bonds. The second-order valence-corrected chi connectivity index (χ2v) is 10.4. The molecule has 35 heavy (non-hydrogen) atoms. The number of carboxylic acids is 2. The Morgan fingerprint density at radius 2 is 1.71 bits per heavy atom. The molecule has 202 valence electrons. The minimum Gasteiger partial charge on any atom is -0.480 e. The molecule has 0 aromatic heterocycles. The maximum atomic E-state index is 12.0. The first kappa shape index (κ1) is 31.3. The maximum Gasteiger partial charge on any atom is 0.364 e. The molecular weight excluding hydrogens is 514 g/mol. The molecule has 0 spiro atoms. The second kappa shape index (κ2) is 14.1. The molecule has 1 rings (SSSR count). The Labute approximate surface area is 207 Å². The maximum absolute atomic E-state index is 12.0. The minimum absolute atomic E-state index is 0.0560. The molecule has 1 heterocycles. The number of carboxylic acid groups (broad SMARTS) is 2. The van der Waals surface area contributed by atoms with Gasteiger partial charge >= 0.3 is 17.9 Å². The Hall–Kier alpha value is -1.70. The summed E-state index contributed by atoms with van der Waals surface area (Å²) in [6, 6.07) is -2.18. The number of aliphatic hydroxyl groups excluding tert-OH is 3. The number of ether oxygens (including phenoxy) is 2. The number of esters is 1. The van der Waals surface area contributed by atoms with Gasteiger partial charge in [0.1, 0.15) is 24.9 Å². The van der Waals surface area contributed by atoms with Crippen molar-refractivity contribution < 1.29 is 59.3 Å². The van der Waals surface area contributed by atoms with Crippen LogP contribution < -0.4 is 16.8 Å². The fourth-order valence-corrected chi connectivity index (χ4v) is 5.33. The summed E-state index contributed by atoms with van der Waals surface area (Å²) < 4.78 is 10.1. The molecule has 0 aromatic rings. The summed E-state index contributed by atoms with van der Waals surface area (Å²) in [7, 11) is 2.20. The largest absolute Gasteiger partial charge is 0.480 e. The van der Waals surface area contributed by atoms with Gasteiger partial charge in [0.25, 0.3) is 5.79 Å². The van der Waals surface area contributed by atoms with Crippen molar-refractivity contribution in [1.29, 1.82) is 0 Å². The first-order valence-electron chi connectivity index (χ1n) is 10.3. The van der Waals surface area contributed by atoms with E-state index in [0.29, 0.717) is 0 Å². The van der Waals surface area contributed by atoms with Crippen molar-refractivity contribution in [3.8, 4) is 0 Å². The van der Waals surface area contributed by atoms with Gasteiger partial charge in [-0.15, -0.1) is 0 Å². The number of aliphatic carboxylic acids is 2. The van der Waals surface area contributed by atoms with Crippen molar-refractivity contribution in [2.24, 2.45) is 17.4 Å². The molecule has 17 heteroatoms. The van der Waals surface area contributed by atoms with Gasteiger partial charge in [-0.1, -0.05) is 21.6 Å².